The third kappa shape index (κ3) is 2.40. The molecule has 1 rings (SSSR count). The Kier molecular flexibility index (Phi) is 4.30. The maximum atomic E-state index is 11.0. The van der Waals surface area contributed by atoms with E-state index in [0.29, 0.717) is 11.8 Å². The average molecular weight is 211 g/mol. The van der Waals surface area contributed by atoms with Crippen molar-refractivity contribution in [1.82, 2.24) is 0 Å². The lowest BCUT2D eigenvalue weighted by Crippen LogP contribution is -2.10. The van der Waals surface area contributed by atoms with Gasteiger partial charge in [-0.25, -0.2) is 0 Å². The molecule has 2 nitrogen and oxygen atoms in total. The van der Waals surface area contributed by atoms with Crippen molar-refractivity contribution < 1.29 is 0 Å². The van der Waals surface area contributed by atoms with Crippen LogP contribution in [0.15, 0.2) is 5.18 Å². The van der Waals surface area contributed by atoms with Crippen LogP contribution in [0.3, 0.4) is 0 Å². The Balaban J connectivity index is 2.34. The Bertz CT molecular complexity index is 217. The van der Waals surface area contributed by atoms with Gasteiger partial charge in [0.25, 0.3) is 0 Å². The lowest BCUT2D eigenvalue weighted by Gasteiger charge is -2.11. The normalized spacial score (nSPS) is 36.3. The van der Waals surface area contributed by atoms with Gasteiger partial charge in [0.2, 0.25) is 0 Å². The molecule has 88 valence electrons. The zero-order chi connectivity index (χ0) is 11.5. The van der Waals surface area contributed by atoms with Crippen LogP contribution in [0.1, 0.15) is 59.8 Å². The highest BCUT2D eigenvalue weighted by Crippen LogP contribution is 2.58. The monoisotopic (exact) mass is 211 g/mol. The summed E-state index contributed by atoms with van der Waals surface area (Å²) in [6, 6.07) is 0. The standard InChI is InChI=1S/C13H25NO/c1-5-10(3)8-7-9-13(14-15)11(4)12(13)6-2/h10-12H,5-9H2,1-4H3. The molecule has 1 fully saturated rings. The van der Waals surface area contributed by atoms with Crippen molar-refractivity contribution in [3.63, 3.8) is 0 Å². The number of rotatable bonds is 7. The Morgan fingerprint density at radius 1 is 1.40 bits per heavy atom. The van der Waals surface area contributed by atoms with E-state index in [1.807, 2.05) is 0 Å². The SMILES string of the molecule is CCC(C)CCCC1(N=O)C(C)C1CC. The maximum absolute atomic E-state index is 11.0. The third-order valence-electron chi connectivity index (χ3n) is 4.51. The summed E-state index contributed by atoms with van der Waals surface area (Å²) in [4.78, 5) is 11.0. The van der Waals surface area contributed by atoms with Gasteiger partial charge in [-0.2, -0.15) is 4.91 Å². The van der Waals surface area contributed by atoms with Crippen LogP contribution >= 0.6 is 0 Å². The minimum absolute atomic E-state index is 0.178. The first-order valence-electron chi connectivity index (χ1n) is 6.46. The molecule has 0 amide bonds. The van der Waals surface area contributed by atoms with Gasteiger partial charge in [0.1, 0.15) is 5.54 Å². The zero-order valence-corrected chi connectivity index (χ0v) is 10.6. The molecule has 0 bridgehead atoms. The van der Waals surface area contributed by atoms with E-state index in [1.165, 1.54) is 19.3 Å². The Hall–Kier alpha value is -0.400. The van der Waals surface area contributed by atoms with Crippen LogP contribution < -0.4 is 0 Å². The number of nitroso groups, excluding NO2 is 1. The fourth-order valence-electron chi connectivity index (χ4n) is 2.96. The first kappa shape index (κ1) is 12.7. The molecular weight excluding hydrogens is 186 g/mol. The van der Waals surface area contributed by atoms with Gasteiger partial charge in [0.15, 0.2) is 0 Å². The molecule has 0 heterocycles. The molecule has 0 aliphatic heterocycles. The van der Waals surface area contributed by atoms with Crippen LogP contribution in [0.25, 0.3) is 0 Å². The number of nitrogens with zero attached hydrogens (tertiary/aromatic N) is 1. The van der Waals surface area contributed by atoms with Crippen molar-refractivity contribution >= 4 is 0 Å². The number of hydrogen-bond acceptors (Lipinski definition) is 2. The molecule has 15 heavy (non-hydrogen) atoms. The highest BCUT2D eigenvalue weighted by atomic mass is 16.3. The van der Waals surface area contributed by atoms with E-state index < -0.39 is 0 Å². The molecular formula is C13H25NO. The van der Waals surface area contributed by atoms with Gasteiger partial charge >= 0.3 is 0 Å². The van der Waals surface area contributed by atoms with Crippen LogP contribution in [0.4, 0.5) is 0 Å². The van der Waals surface area contributed by atoms with E-state index >= 15 is 0 Å². The maximum Gasteiger partial charge on any atom is 0.109 e. The predicted molar refractivity (Wildman–Crippen MR) is 64.8 cm³/mol. The molecule has 4 atom stereocenters. The second kappa shape index (κ2) is 5.09. The minimum atomic E-state index is -0.178. The Morgan fingerprint density at radius 2 is 2.07 bits per heavy atom. The lowest BCUT2D eigenvalue weighted by atomic mass is 9.97. The van der Waals surface area contributed by atoms with Crippen molar-refractivity contribution in [2.45, 2.75) is 65.3 Å². The second-order valence-electron chi connectivity index (χ2n) is 5.29. The number of hydrogen-bond donors (Lipinski definition) is 0. The van der Waals surface area contributed by atoms with Gasteiger partial charge < -0.3 is 0 Å². The molecule has 0 saturated heterocycles. The van der Waals surface area contributed by atoms with Crippen LogP contribution in [-0.4, -0.2) is 5.54 Å². The Morgan fingerprint density at radius 3 is 2.47 bits per heavy atom. The van der Waals surface area contributed by atoms with Crippen LogP contribution in [-0.2, 0) is 0 Å². The predicted octanol–water partition coefficient (Wildman–Crippen LogP) is 4.38. The molecule has 0 radical (unpaired) electrons. The van der Waals surface area contributed by atoms with E-state index in [1.54, 1.807) is 0 Å². The van der Waals surface area contributed by atoms with Crippen LogP contribution in [0.2, 0.25) is 0 Å². The fourth-order valence-corrected chi connectivity index (χ4v) is 2.96. The van der Waals surface area contributed by atoms with E-state index in [2.05, 4.69) is 32.9 Å². The summed E-state index contributed by atoms with van der Waals surface area (Å²) in [5.41, 5.74) is -0.178. The molecule has 0 spiro atoms. The molecule has 1 aliphatic carbocycles. The van der Waals surface area contributed by atoms with Gasteiger partial charge in [-0.05, 0) is 24.2 Å². The van der Waals surface area contributed by atoms with Gasteiger partial charge in [-0.15, -0.1) is 0 Å². The van der Waals surface area contributed by atoms with E-state index in [0.717, 1.165) is 18.8 Å². The van der Waals surface area contributed by atoms with Gasteiger partial charge in [-0.3, -0.25) is 0 Å². The van der Waals surface area contributed by atoms with Crippen molar-refractivity contribution in [3.8, 4) is 0 Å². The van der Waals surface area contributed by atoms with Crippen molar-refractivity contribution in [2.75, 3.05) is 0 Å². The largest absolute Gasteiger partial charge is 0.150 e. The van der Waals surface area contributed by atoms with E-state index in [-0.39, 0.29) is 5.54 Å². The summed E-state index contributed by atoms with van der Waals surface area (Å²) in [5, 5.41) is 3.44. The zero-order valence-electron chi connectivity index (χ0n) is 10.6. The molecule has 4 unspecified atom stereocenters. The summed E-state index contributed by atoms with van der Waals surface area (Å²) < 4.78 is 0. The van der Waals surface area contributed by atoms with Crippen molar-refractivity contribution in [2.24, 2.45) is 22.9 Å². The molecule has 0 N–H and O–H groups in total. The average Bonchev–Trinajstić information content (AvgIpc) is 2.83. The van der Waals surface area contributed by atoms with E-state index in [9.17, 15) is 4.91 Å². The topological polar surface area (TPSA) is 29.4 Å². The highest BCUT2D eigenvalue weighted by molar-refractivity contribution is 5.15. The molecule has 0 aromatic rings. The van der Waals surface area contributed by atoms with Gasteiger partial charge in [-0.1, -0.05) is 58.6 Å². The quantitative estimate of drug-likeness (QED) is 0.574. The van der Waals surface area contributed by atoms with Gasteiger partial charge in [0.05, 0.1) is 0 Å². The van der Waals surface area contributed by atoms with Gasteiger partial charge in [0, 0.05) is 0 Å². The molecule has 1 saturated carbocycles. The molecule has 0 aromatic carbocycles. The van der Waals surface area contributed by atoms with Crippen molar-refractivity contribution in [1.29, 1.82) is 0 Å². The molecule has 0 aromatic heterocycles. The lowest BCUT2D eigenvalue weighted by molar-refractivity contribution is 0.434. The molecule has 2 heteroatoms. The summed E-state index contributed by atoms with van der Waals surface area (Å²) in [6.45, 7) is 8.86. The second-order valence-corrected chi connectivity index (χ2v) is 5.29. The van der Waals surface area contributed by atoms with Crippen LogP contribution in [0, 0.1) is 22.7 Å². The smallest absolute Gasteiger partial charge is 0.109 e. The minimum Gasteiger partial charge on any atom is -0.150 e. The Labute approximate surface area is 93.8 Å². The fraction of sp³-hybridized carbons (Fsp3) is 1.00. The third-order valence-corrected chi connectivity index (χ3v) is 4.51. The summed E-state index contributed by atoms with van der Waals surface area (Å²) in [7, 11) is 0. The van der Waals surface area contributed by atoms with Crippen LogP contribution in [0.5, 0.6) is 0 Å². The molecule has 1 aliphatic rings. The summed E-state index contributed by atoms with van der Waals surface area (Å²) >= 11 is 0. The summed E-state index contributed by atoms with van der Waals surface area (Å²) in [5.74, 6) is 1.88. The first-order valence-corrected chi connectivity index (χ1v) is 6.46. The van der Waals surface area contributed by atoms with E-state index in [4.69, 9.17) is 0 Å². The highest BCUT2D eigenvalue weighted by Gasteiger charge is 2.62. The summed E-state index contributed by atoms with van der Waals surface area (Å²) in [6.07, 6.45) is 5.78. The first-order chi connectivity index (χ1) is 7.12. The van der Waals surface area contributed by atoms with Crippen molar-refractivity contribution in [3.05, 3.63) is 4.91 Å².